The Bertz CT molecular complexity index is 300. The Balaban J connectivity index is 2.05. The van der Waals surface area contributed by atoms with Gasteiger partial charge in [0, 0.05) is 13.1 Å². The van der Waals surface area contributed by atoms with E-state index in [1.54, 1.807) is 0 Å². The van der Waals surface area contributed by atoms with Gasteiger partial charge in [-0.25, -0.2) is 0 Å². The van der Waals surface area contributed by atoms with E-state index in [4.69, 9.17) is 0 Å². The monoisotopic (exact) mass is 270 g/mol. The van der Waals surface area contributed by atoms with Crippen molar-refractivity contribution in [2.45, 2.75) is 39.2 Å². The second-order valence-electron chi connectivity index (χ2n) is 6.49. The molecule has 4 heteroatoms. The number of likely N-dealkylation sites (N-methyl/N-ethyl adjacent to an activating group) is 1. The van der Waals surface area contributed by atoms with E-state index in [-0.39, 0.29) is 11.5 Å². The van der Waals surface area contributed by atoms with Crippen LogP contribution in [0.4, 0.5) is 0 Å². The van der Waals surface area contributed by atoms with Gasteiger partial charge in [-0.3, -0.25) is 4.79 Å². The summed E-state index contributed by atoms with van der Waals surface area (Å²) >= 11 is 2.03. The van der Waals surface area contributed by atoms with Crippen molar-refractivity contribution in [3.05, 3.63) is 0 Å². The van der Waals surface area contributed by atoms with Crippen molar-refractivity contribution in [3.63, 3.8) is 0 Å². The smallest absolute Gasteiger partial charge is 0.239 e. The average Bonchev–Trinajstić information content (AvgIpc) is 2.77. The average molecular weight is 270 g/mol. The second kappa shape index (κ2) is 5.83. The molecule has 0 radical (unpaired) electrons. The first-order valence-electron chi connectivity index (χ1n) is 7.05. The number of likely N-dealkylation sites (tertiary alicyclic amines) is 1. The largest absolute Gasteiger partial charge is 0.341 e. The number of rotatable bonds is 3. The fraction of sp³-hybridized carbons (Fsp3) is 0.929. The van der Waals surface area contributed by atoms with Crippen LogP contribution in [0.2, 0.25) is 0 Å². The first-order valence-corrected chi connectivity index (χ1v) is 8.21. The summed E-state index contributed by atoms with van der Waals surface area (Å²) in [5.41, 5.74) is 0.257. The molecule has 2 aliphatic heterocycles. The van der Waals surface area contributed by atoms with E-state index in [0.29, 0.717) is 11.8 Å². The van der Waals surface area contributed by atoms with Crippen LogP contribution in [0.1, 0.15) is 33.1 Å². The molecule has 104 valence electrons. The topological polar surface area (TPSA) is 32.3 Å². The molecule has 0 aliphatic carbocycles. The Morgan fingerprint density at radius 3 is 2.83 bits per heavy atom. The maximum atomic E-state index is 12.5. The number of thioether (sulfide) groups is 1. The van der Waals surface area contributed by atoms with Crippen LogP contribution in [0.25, 0.3) is 0 Å². The maximum absolute atomic E-state index is 12.5. The van der Waals surface area contributed by atoms with Crippen molar-refractivity contribution in [3.8, 4) is 0 Å². The second-order valence-corrected chi connectivity index (χ2v) is 7.64. The fourth-order valence-corrected chi connectivity index (χ4v) is 4.29. The van der Waals surface area contributed by atoms with Crippen LogP contribution in [0.15, 0.2) is 0 Å². The molecule has 1 amide bonds. The summed E-state index contributed by atoms with van der Waals surface area (Å²) in [6.07, 6.45) is 3.37. The normalized spacial score (nSPS) is 32.6. The van der Waals surface area contributed by atoms with Crippen molar-refractivity contribution < 1.29 is 4.79 Å². The third kappa shape index (κ3) is 3.41. The molecule has 0 aromatic rings. The number of nitrogens with one attached hydrogen (secondary N) is 1. The maximum Gasteiger partial charge on any atom is 0.239 e. The lowest BCUT2D eigenvalue weighted by Crippen LogP contribution is -2.46. The van der Waals surface area contributed by atoms with Gasteiger partial charge in [-0.05, 0) is 49.1 Å². The van der Waals surface area contributed by atoms with Gasteiger partial charge in [0.2, 0.25) is 5.91 Å². The van der Waals surface area contributed by atoms with Crippen LogP contribution in [-0.2, 0) is 4.79 Å². The quantitative estimate of drug-likeness (QED) is 0.851. The Kier molecular flexibility index (Phi) is 4.59. The molecule has 2 heterocycles. The van der Waals surface area contributed by atoms with Crippen molar-refractivity contribution in [2.24, 2.45) is 11.3 Å². The van der Waals surface area contributed by atoms with Crippen molar-refractivity contribution >= 4 is 17.7 Å². The molecule has 0 saturated carbocycles. The molecule has 2 rings (SSSR count). The molecule has 2 fully saturated rings. The molecule has 0 aromatic heterocycles. The number of nitrogens with zero attached hydrogens (tertiary/aromatic N) is 1. The van der Waals surface area contributed by atoms with Gasteiger partial charge in [-0.15, -0.1) is 0 Å². The Labute approximate surface area is 115 Å². The summed E-state index contributed by atoms with van der Waals surface area (Å²) in [5, 5.41) is 3.19. The highest BCUT2D eigenvalue weighted by atomic mass is 32.2. The van der Waals surface area contributed by atoms with E-state index in [1.165, 1.54) is 17.9 Å². The van der Waals surface area contributed by atoms with Gasteiger partial charge in [0.25, 0.3) is 0 Å². The molecule has 0 spiro atoms. The molecule has 1 N–H and O–H groups in total. The predicted molar refractivity (Wildman–Crippen MR) is 77.9 cm³/mol. The van der Waals surface area contributed by atoms with Crippen LogP contribution in [0.3, 0.4) is 0 Å². The van der Waals surface area contributed by atoms with Crippen LogP contribution < -0.4 is 5.32 Å². The zero-order valence-electron chi connectivity index (χ0n) is 11.9. The highest BCUT2D eigenvalue weighted by Crippen LogP contribution is 2.31. The number of carbonyl (C=O) groups is 1. The minimum atomic E-state index is 0.0285. The third-order valence-electron chi connectivity index (χ3n) is 4.19. The highest BCUT2D eigenvalue weighted by molar-refractivity contribution is 7.99. The molecule has 2 unspecified atom stereocenters. The lowest BCUT2D eigenvalue weighted by molar-refractivity contribution is -0.134. The van der Waals surface area contributed by atoms with E-state index in [1.807, 2.05) is 18.8 Å². The van der Waals surface area contributed by atoms with Crippen molar-refractivity contribution in [2.75, 3.05) is 31.6 Å². The molecule has 18 heavy (non-hydrogen) atoms. The summed E-state index contributed by atoms with van der Waals surface area (Å²) in [6.45, 7) is 6.46. The molecule has 2 aliphatic rings. The predicted octanol–water partition coefficient (Wildman–Crippen LogP) is 1.98. The molecule has 0 bridgehead atoms. The van der Waals surface area contributed by atoms with Gasteiger partial charge < -0.3 is 10.2 Å². The number of carbonyl (C=O) groups excluding carboxylic acids is 1. The van der Waals surface area contributed by atoms with Gasteiger partial charge in [-0.2, -0.15) is 11.8 Å². The molecule has 0 aromatic carbocycles. The standard InChI is InChI=1S/C14H26N2OS/c1-14(2)6-4-12(15-3)13(17)16(10-14)8-11-5-7-18-9-11/h11-12,15H,4-10H2,1-3H3. The van der Waals surface area contributed by atoms with Gasteiger partial charge in [0.1, 0.15) is 0 Å². The van der Waals surface area contributed by atoms with Crippen molar-refractivity contribution in [1.82, 2.24) is 10.2 Å². The van der Waals surface area contributed by atoms with E-state index < -0.39 is 0 Å². The number of hydrogen-bond acceptors (Lipinski definition) is 3. The van der Waals surface area contributed by atoms with E-state index in [0.717, 1.165) is 25.9 Å². The molecular weight excluding hydrogens is 244 g/mol. The van der Waals surface area contributed by atoms with Gasteiger partial charge in [0.05, 0.1) is 6.04 Å². The number of hydrogen-bond donors (Lipinski definition) is 1. The zero-order valence-corrected chi connectivity index (χ0v) is 12.7. The minimum Gasteiger partial charge on any atom is -0.341 e. The van der Waals surface area contributed by atoms with Gasteiger partial charge in [-0.1, -0.05) is 13.8 Å². The lowest BCUT2D eigenvalue weighted by atomic mass is 9.87. The van der Waals surface area contributed by atoms with Crippen LogP contribution in [-0.4, -0.2) is 48.5 Å². The summed E-state index contributed by atoms with van der Waals surface area (Å²) < 4.78 is 0. The van der Waals surface area contributed by atoms with Crippen LogP contribution in [0.5, 0.6) is 0 Å². The van der Waals surface area contributed by atoms with Gasteiger partial charge >= 0.3 is 0 Å². The van der Waals surface area contributed by atoms with Gasteiger partial charge in [0.15, 0.2) is 0 Å². The summed E-state index contributed by atoms with van der Waals surface area (Å²) in [4.78, 5) is 14.6. The Morgan fingerprint density at radius 2 is 2.22 bits per heavy atom. The van der Waals surface area contributed by atoms with Crippen molar-refractivity contribution in [1.29, 1.82) is 0 Å². The zero-order chi connectivity index (χ0) is 13.2. The molecule has 2 atom stereocenters. The lowest BCUT2D eigenvalue weighted by Gasteiger charge is -2.31. The fourth-order valence-electron chi connectivity index (χ4n) is 3.01. The van der Waals surface area contributed by atoms with E-state index in [2.05, 4.69) is 24.1 Å². The molecule has 2 saturated heterocycles. The Morgan fingerprint density at radius 1 is 1.44 bits per heavy atom. The van der Waals surface area contributed by atoms with E-state index >= 15 is 0 Å². The summed E-state index contributed by atoms with van der Waals surface area (Å²) in [6, 6.07) is 0.0285. The SMILES string of the molecule is CNC1CCC(C)(C)CN(CC2CCSC2)C1=O. The highest BCUT2D eigenvalue weighted by Gasteiger charge is 2.35. The Hall–Kier alpha value is -0.220. The van der Waals surface area contributed by atoms with E-state index in [9.17, 15) is 4.79 Å². The number of amides is 1. The summed E-state index contributed by atoms with van der Waals surface area (Å²) in [7, 11) is 1.91. The summed E-state index contributed by atoms with van der Waals surface area (Å²) in [5.74, 6) is 3.53. The molecular formula is C14H26N2OS. The molecule has 3 nitrogen and oxygen atoms in total. The first kappa shape index (κ1) is 14.2. The van der Waals surface area contributed by atoms with Crippen LogP contribution >= 0.6 is 11.8 Å². The third-order valence-corrected chi connectivity index (χ3v) is 5.42. The van der Waals surface area contributed by atoms with Crippen LogP contribution in [0, 0.1) is 11.3 Å². The first-order chi connectivity index (χ1) is 8.52. The minimum absolute atomic E-state index is 0.0285.